The van der Waals surface area contributed by atoms with E-state index in [0.29, 0.717) is 0 Å². The van der Waals surface area contributed by atoms with Crippen LogP contribution in [-0.2, 0) is 19.1 Å². The summed E-state index contributed by atoms with van der Waals surface area (Å²) >= 11 is 0. The SMILES string of the molecule is CCC(=O)OC(C)(C)C(=O)OC. The summed E-state index contributed by atoms with van der Waals surface area (Å²) < 4.78 is 9.27. The van der Waals surface area contributed by atoms with Crippen LogP contribution in [0.25, 0.3) is 0 Å². The molecule has 0 radical (unpaired) electrons. The van der Waals surface area contributed by atoms with Gasteiger partial charge in [0, 0.05) is 6.42 Å². The molecular weight excluding hydrogens is 160 g/mol. The highest BCUT2D eigenvalue weighted by atomic mass is 16.6. The molecule has 0 heterocycles. The van der Waals surface area contributed by atoms with E-state index in [2.05, 4.69) is 4.74 Å². The standard InChI is InChI=1S/C8H14O4/c1-5-6(9)12-8(2,3)7(10)11-4/h5H2,1-4H3. The molecule has 0 aliphatic rings. The van der Waals surface area contributed by atoms with Crippen LogP contribution in [0.4, 0.5) is 0 Å². The minimum Gasteiger partial charge on any atom is -0.466 e. The van der Waals surface area contributed by atoms with E-state index in [9.17, 15) is 9.59 Å². The molecule has 4 nitrogen and oxygen atoms in total. The highest BCUT2D eigenvalue weighted by molar-refractivity contribution is 5.82. The first-order valence-corrected chi connectivity index (χ1v) is 3.74. The Morgan fingerprint density at radius 1 is 1.33 bits per heavy atom. The van der Waals surface area contributed by atoms with E-state index in [1.165, 1.54) is 21.0 Å². The molecule has 0 saturated carbocycles. The molecule has 0 aromatic carbocycles. The predicted molar refractivity (Wildman–Crippen MR) is 42.5 cm³/mol. The zero-order valence-electron chi connectivity index (χ0n) is 7.84. The highest BCUT2D eigenvalue weighted by Crippen LogP contribution is 2.11. The van der Waals surface area contributed by atoms with Gasteiger partial charge in [-0.15, -0.1) is 0 Å². The molecule has 0 aliphatic carbocycles. The van der Waals surface area contributed by atoms with Crippen molar-refractivity contribution in [1.82, 2.24) is 0 Å². The van der Waals surface area contributed by atoms with Gasteiger partial charge >= 0.3 is 11.9 Å². The Morgan fingerprint density at radius 2 is 1.83 bits per heavy atom. The summed E-state index contributed by atoms with van der Waals surface area (Å²) in [5.41, 5.74) is -1.18. The molecule has 0 N–H and O–H groups in total. The van der Waals surface area contributed by atoms with Crippen molar-refractivity contribution < 1.29 is 19.1 Å². The Labute approximate surface area is 71.8 Å². The van der Waals surface area contributed by atoms with Crippen molar-refractivity contribution in [3.05, 3.63) is 0 Å². The van der Waals surface area contributed by atoms with E-state index in [4.69, 9.17) is 4.74 Å². The lowest BCUT2D eigenvalue weighted by Crippen LogP contribution is -2.37. The fraction of sp³-hybridized carbons (Fsp3) is 0.750. The van der Waals surface area contributed by atoms with Gasteiger partial charge in [-0.2, -0.15) is 0 Å². The summed E-state index contributed by atoms with van der Waals surface area (Å²) in [6, 6.07) is 0. The summed E-state index contributed by atoms with van der Waals surface area (Å²) in [6.07, 6.45) is 0.250. The van der Waals surface area contributed by atoms with E-state index in [-0.39, 0.29) is 6.42 Å². The summed E-state index contributed by atoms with van der Waals surface area (Å²) in [7, 11) is 1.25. The topological polar surface area (TPSA) is 52.6 Å². The van der Waals surface area contributed by atoms with Gasteiger partial charge in [0.2, 0.25) is 5.60 Å². The summed E-state index contributed by atoms with van der Waals surface area (Å²) in [6.45, 7) is 4.65. The molecule has 0 amide bonds. The number of carbonyl (C=O) groups is 2. The van der Waals surface area contributed by atoms with Crippen LogP contribution in [0.5, 0.6) is 0 Å². The number of carbonyl (C=O) groups excluding carboxylic acids is 2. The molecule has 0 saturated heterocycles. The average Bonchev–Trinajstić information content (AvgIpc) is 2.02. The first-order valence-electron chi connectivity index (χ1n) is 3.74. The van der Waals surface area contributed by atoms with Crippen molar-refractivity contribution in [2.75, 3.05) is 7.11 Å². The van der Waals surface area contributed by atoms with Gasteiger partial charge in [-0.05, 0) is 13.8 Å². The molecule has 0 atom stereocenters. The Balaban J connectivity index is 4.21. The maximum Gasteiger partial charge on any atom is 0.349 e. The quantitative estimate of drug-likeness (QED) is 0.596. The summed E-state index contributed by atoms with van der Waals surface area (Å²) in [5, 5.41) is 0. The maximum absolute atomic E-state index is 11.0. The number of ether oxygens (including phenoxy) is 2. The number of hydrogen-bond acceptors (Lipinski definition) is 4. The molecule has 0 fully saturated rings. The van der Waals surface area contributed by atoms with Gasteiger partial charge in [-0.25, -0.2) is 4.79 Å². The second-order valence-corrected chi connectivity index (χ2v) is 2.83. The summed E-state index contributed by atoms with van der Waals surface area (Å²) in [4.78, 5) is 21.8. The number of methoxy groups -OCH3 is 1. The zero-order valence-corrected chi connectivity index (χ0v) is 7.84. The van der Waals surface area contributed by atoms with E-state index in [1.807, 2.05) is 0 Å². The van der Waals surface area contributed by atoms with Crippen molar-refractivity contribution >= 4 is 11.9 Å². The van der Waals surface area contributed by atoms with E-state index >= 15 is 0 Å². The monoisotopic (exact) mass is 174 g/mol. The first-order chi connectivity index (χ1) is 5.44. The summed E-state index contributed by atoms with van der Waals surface area (Å²) in [5.74, 6) is -0.963. The lowest BCUT2D eigenvalue weighted by atomic mass is 10.1. The molecule has 0 aromatic heterocycles. The number of rotatable bonds is 3. The second kappa shape index (κ2) is 4.09. The van der Waals surface area contributed by atoms with Gasteiger partial charge in [0.05, 0.1) is 7.11 Å². The van der Waals surface area contributed by atoms with Crippen molar-refractivity contribution in [1.29, 1.82) is 0 Å². The van der Waals surface area contributed by atoms with E-state index in [1.54, 1.807) is 6.92 Å². The molecule has 12 heavy (non-hydrogen) atoms. The van der Waals surface area contributed by atoms with Crippen molar-refractivity contribution in [3.8, 4) is 0 Å². The molecule has 0 spiro atoms. The van der Waals surface area contributed by atoms with Gasteiger partial charge in [-0.3, -0.25) is 4.79 Å². The van der Waals surface area contributed by atoms with Gasteiger partial charge < -0.3 is 9.47 Å². The van der Waals surface area contributed by atoms with Crippen LogP contribution in [0, 0.1) is 0 Å². The van der Waals surface area contributed by atoms with Crippen LogP contribution < -0.4 is 0 Å². The van der Waals surface area contributed by atoms with Crippen LogP contribution in [0.3, 0.4) is 0 Å². The lowest BCUT2D eigenvalue weighted by molar-refractivity contribution is -0.176. The molecule has 4 heteroatoms. The van der Waals surface area contributed by atoms with Crippen LogP contribution in [0.1, 0.15) is 27.2 Å². The van der Waals surface area contributed by atoms with Crippen LogP contribution in [0.15, 0.2) is 0 Å². The van der Waals surface area contributed by atoms with Gasteiger partial charge in [0.15, 0.2) is 0 Å². The van der Waals surface area contributed by atoms with E-state index < -0.39 is 17.5 Å². The zero-order chi connectivity index (χ0) is 9.78. The maximum atomic E-state index is 11.0. The lowest BCUT2D eigenvalue weighted by Gasteiger charge is -2.21. The third kappa shape index (κ3) is 2.90. The van der Waals surface area contributed by atoms with Crippen LogP contribution >= 0.6 is 0 Å². The van der Waals surface area contributed by atoms with Gasteiger partial charge in [-0.1, -0.05) is 6.92 Å². The molecule has 0 rings (SSSR count). The third-order valence-electron chi connectivity index (χ3n) is 1.33. The fourth-order valence-corrected chi connectivity index (χ4v) is 0.644. The molecule has 0 aromatic rings. The molecule has 70 valence electrons. The number of esters is 2. The molecule has 0 bridgehead atoms. The smallest absolute Gasteiger partial charge is 0.349 e. The van der Waals surface area contributed by atoms with E-state index in [0.717, 1.165) is 0 Å². The largest absolute Gasteiger partial charge is 0.466 e. The fourth-order valence-electron chi connectivity index (χ4n) is 0.644. The van der Waals surface area contributed by atoms with Crippen molar-refractivity contribution in [2.45, 2.75) is 32.8 Å². The molecular formula is C8H14O4. The minimum absolute atomic E-state index is 0.250. The highest BCUT2D eigenvalue weighted by Gasteiger charge is 2.32. The Hall–Kier alpha value is -1.06. The Morgan fingerprint density at radius 3 is 2.17 bits per heavy atom. The van der Waals surface area contributed by atoms with Crippen molar-refractivity contribution in [2.24, 2.45) is 0 Å². The van der Waals surface area contributed by atoms with Crippen LogP contribution in [0.2, 0.25) is 0 Å². The first kappa shape index (κ1) is 10.9. The minimum atomic E-state index is -1.18. The van der Waals surface area contributed by atoms with Crippen molar-refractivity contribution in [3.63, 3.8) is 0 Å². The van der Waals surface area contributed by atoms with Crippen LogP contribution in [-0.4, -0.2) is 24.6 Å². The predicted octanol–water partition coefficient (Wildman–Crippen LogP) is 0.891. The normalized spacial score (nSPS) is 10.7. The Bertz CT molecular complexity index is 183. The number of hydrogen-bond donors (Lipinski definition) is 0. The molecule has 0 aliphatic heterocycles. The Kier molecular flexibility index (Phi) is 3.73. The second-order valence-electron chi connectivity index (χ2n) is 2.83. The van der Waals surface area contributed by atoms with Gasteiger partial charge in [0.1, 0.15) is 0 Å². The molecule has 0 unspecified atom stereocenters. The van der Waals surface area contributed by atoms with Gasteiger partial charge in [0.25, 0.3) is 0 Å². The third-order valence-corrected chi connectivity index (χ3v) is 1.33. The average molecular weight is 174 g/mol.